The summed E-state index contributed by atoms with van der Waals surface area (Å²) in [5.41, 5.74) is 5.95. The summed E-state index contributed by atoms with van der Waals surface area (Å²) in [6.45, 7) is 10.2. The molecular formula is C18H40N2. The van der Waals surface area contributed by atoms with Crippen molar-refractivity contribution in [2.45, 2.75) is 91.4 Å². The largest absolute Gasteiger partial charge is 0.330 e. The van der Waals surface area contributed by atoms with E-state index in [0.29, 0.717) is 5.41 Å². The van der Waals surface area contributed by atoms with Crippen LogP contribution < -0.4 is 11.1 Å². The van der Waals surface area contributed by atoms with Crippen molar-refractivity contribution in [1.29, 1.82) is 0 Å². The summed E-state index contributed by atoms with van der Waals surface area (Å²) in [7, 11) is 0. The third-order valence-electron chi connectivity index (χ3n) is 3.86. The van der Waals surface area contributed by atoms with Crippen LogP contribution in [-0.4, -0.2) is 19.6 Å². The number of hydrogen-bond acceptors (Lipinski definition) is 2. The van der Waals surface area contributed by atoms with Crippen molar-refractivity contribution in [1.82, 2.24) is 5.32 Å². The maximum atomic E-state index is 5.48. The van der Waals surface area contributed by atoms with Crippen LogP contribution in [0.3, 0.4) is 0 Å². The molecular weight excluding hydrogens is 244 g/mol. The second-order valence-corrected chi connectivity index (χ2v) is 7.38. The zero-order valence-corrected chi connectivity index (χ0v) is 14.5. The van der Waals surface area contributed by atoms with Crippen molar-refractivity contribution in [2.24, 2.45) is 11.1 Å². The molecule has 3 N–H and O–H groups in total. The van der Waals surface area contributed by atoms with Gasteiger partial charge in [0.15, 0.2) is 0 Å². The fourth-order valence-corrected chi connectivity index (χ4v) is 2.40. The number of rotatable bonds is 14. The Morgan fingerprint density at radius 3 is 1.55 bits per heavy atom. The van der Waals surface area contributed by atoms with E-state index in [2.05, 4.69) is 26.1 Å². The molecule has 0 heterocycles. The van der Waals surface area contributed by atoms with Crippen LogP contribution in [0.15, 0.2) is 0 Å². The molecule has 0 aromatic carbocycles. The van der Waals surface area contributed by atoms with Crippen LogP contribution in [0, 0.1) is 5.41 Å². The van der Waals surface area contributed by atoms with E-state index in [0.717, 1.165) is 6.54 Å². The minimum atomic E-state index is 0.469. The van der Waals surface area contributed by atoms with Crippen LogP contribution in [0.1, 0.15) is 91.4 Å². The number of nitrogens with two attached hydrogens (primary N) is 1. The molecule has 20 heavy (non-hydrogen) atoms. The van der Waals surface area contributed by atoms with E-state index in [1.807, 2.05) is 0 Å². The van der Waals surface area contributed by atoms with Gasteiger partial charge in [-0.05, 0) is 44.3 Å². The first-order chi connectivity index (χ1) is 9.56. The van der Waals surface area contributed by atoms with E-state index < -0.39 is 0 Å². The van der Waals surface area contributed by atoms with Gasteiger partial charge in [0.05, 0.1) is 0 Å². The van der Waals surface area contributed by atoms with Crippen molar-refractivity contribution in [3.8, 4) is 0 Å². The Kier molecular flexibility index (Phi) is 13.8. The fourth-order valence-electron chi connectivity index (χ4n) is 2.40. The van der Waals surface area contributed by atoms with Gasteiger partial charge >= 0.3 is 0 Å². The number of nitrogens with one attached hydrogen (secondary N) is 1. The number of hydrogen-bond donors (Lipinski definition) is 2. The molecule has 0 bridgehead atoms. The lowest BCUT2D eigenvalue weighted by Crippen LogP contribution is -2.21. The Morgan fingerprint density at radius 1 is 0.650 bits per heavy atom. The lowest BCUT2D eigenvalue weighted by atomic mass is 9.92. The number of unbranched alkanes of at least 4 members (excludes halogenated alkanes) is 9. The van der Waals surface area contributed by atoms with Gasteiger partial charge in [0.25, 0.3) is 0 Å². The van der Waals surface area contributed by atoms with Crippen molar-refractivity contribution in [3.05, 3.63) is 0 Å². The SMILES string of the molecule is CC(C)(C)CCNCCCCCCCCCCCCN. The molecule has 0 radical (unpaired) electrons. The molecule has 2 nitrogen and oxygen atoms in total. The van der Waals surface area contributed by atoms with Gasteiger partial charge in [-0.25, -0.2) is 0 Å². The van der Waals surface area contributed by atoms with E-state index in [-0.39, 0.29) is 0 Å². The summed E-state index contributed by atoms with van der Waals surface area (Å²) < 4.78 is 0. The van der Waals surface area contributed by atoms with E-state index in [9.17, 15) is 0 Å². The zero-order chi connectivity index (χ0) is 15.1. The molecule has 0 saturated heterocycles. The summed E-state index contributed by atoms with van der Waals surface area (Å²) in [4.78, 5) is 0. The van der Waals surface area contributed by atoms with Gasteiger partial charge in [-0.1, -0.05) is 72.1 Å². The fraction of sp³-hybridized carbons (Fsp3) is 1.00. The molecule has 2 heteroatoms. The first-order valence-corrected chi connectivity index (χ1v) is 8.97. The highest BCUT2D eigenvalue weighted by Gasteiger charge is 2.08. The van der Waals surface area contributed by atoms with E-state index in [1.54, 1.807) is 0 Å². The third kappa shape index (κ3) is 17.9. The first kappa shape index (κ1) is 19.9. The normalized spacial score (nSPS) is 12.0. The van der Waals surface area contributed by atoms with Crippen molar-refractivity contribution in [3.63, 3.8) is 0 Å². The van der Waals surface area contributed by atoms with Gasteiger partial charge in [-0.15, -0.1) is 0 Å². The van der Waals surface area contributed by atoms with E-state index >= 15 is 0 Å². The summed E-state index contributed by atoms with van der Waals surface area (Å²) in [5.74, 6) is 0. The molecule has 0 saturated carbocycles. The van der Waals surface area contributed by atoms with Gasteiger partial charge < -0.3 is 11.1 Å². The summed E-state index contributed by atoms with van der Waals surface area (Å²) in [5, 5.41) is 3.56. The maximum absolute atomic E-state index is 5.48. The molecule has 0 aliphatic heterocycles. The Labute approximate surface area is 128 Å². The molecule has 0 rings (SSSR count). The average molecular weight is 285 g/mol. The van der Waals surface area contributed by atoms with Gasteiger partial charge in [0.1, 0.15) is 0 Å². The molecule has 0 spiro atoms. The van der Waals surface area contributed by atoms with Crippen LogP contribution in [0.2, 0.25) is 0 Å². The monoisotopic (exact) mass is 284 g/mol. The third-order valence-corrected chi connectivity index (χ3v) is 3.86. The predicted octanol–water partition coefficient (Wildman–Crippen LogP) is 4.87. The topological polar surface area (TPSA) is 38.0 Å². The highest BCUT2D eigenvalue weighted by atomic mass is 14.8. The van der Waals surface area contributed by atoms with Crippen molar-refractivity contribution in [2.75, 3.05) is 19.6 Å². The minimum absolute atomic E-state index is 0.469. The summed E-state index contributed by atoms with van der Waals surface area (Å²) >= 11 is 0. The predicted molar refractivity (Wildman–Crippen MR) is 92.2 cm³/mol. The molecule has 0 fully saturated rings. The van der Waals surface area contributed by atoms with Crippen LogP contribution >= 0.6 is 0 Å². The zero-order valence-electron chi connectivity index (χ0n) is 14.5. The maximum Gasteiger partial charge on any atom is -0.00439 e. The van der Waals surface area contributed by atoms with Crippen LogP contribution in [-0.2, 0) is 0 Å². The molecule has 0 aliphatic rings. The van der Waals surface area contributed by atoms with E-state index in [4.69, 9.17) is 5.73 Å². The molecule has 0 unspecified atom stereocenters. The lowest BCUT2D eigenvalue weighted by Gasteiger charge is -2.17. The lowest BCUT2D eigenvalue weighted by molar-refractivity contribution is 0.366. The van der Waals surface area contributed by atoms with Crippen LogP contribution in [0.4, 0.5) is 0 Å². The minimum Gasteiger partial charge on any atom is -0.330 e. The second kappa shape index (κ2) is 13.9. The molecule has 122 valence electrons. The smallest absolute Gasteiger partial charge is 0.00439 e. The standard InChI is InChI=1S/C18H40N2/c1-18(2,3)14-17-20-16-13-11-9-7-5-4-6-8-10-12-15-19/h20H,4-17,19H2,1-3H3. The Bertz CT molecular complexity index is 184. The highest BCUT2D eigenvalue weighted by Crippen LogP contribution is 2.16. The first-order valence-electron chi connectivity index (χ1n) is 8.97. The molecule has 0 amide bonds. The summed E-state index contributed by atoms with van der Waals surface area (Å²) in [6.07, 6.45) is 15.1. The molecule has 0 aliphatic carbocycles. The highest BCUT2D eigenvalue weighted by molar-refractivity contribution is 4.63. The van der Waals surface area contributed by atoms with Gasteiger partial charge in [-0.3, -0.25) is 0 Å². The average Bonchev–Trinajstić information content (AvgIpc) is 2.38. The molecule has 0 aromatic rings. The van der Waals surface area contributed by atoms with Crippen molar-refractivity contribution < 1.29 is 0 Å². The van der Waals surface area contributed by atoms with Crippen LogP contribution in [0.5, 0.6) is 0 Å². The Balaban J connectivity index is 2.99. The quantitative estimate of drug-likeness (QED) is 0.446. The molecule has 0 aromatic heterocycles. The van der Waals surface area contributed by atoms with Crippen LogP contribution in [0.25, 0.3) is 0 Å². The van der Waals surface area contributed by atoms with E-state index in [1.165, 1.54) is 83.7 Å². The molecule has 0 atom stereocenters. The van der Waals surface area contributed by atoms with Gasteiger partial charge in [0, 0.05) is 0 Å². The van der Waals surface area contributed by atoms with Gasteiger partial charge in [-0.2, -0.15) is 0 Å². The summed E-state index contributed by atoms with van der Waals surface area (Å²) in [6, 6.07) is 0. The second-order valence-electron chi connectivity index (χ2n) is 7.38. The Hall–Kier alpha value is -0.0800. The van der Waals surface area contributed by atoms with Crippen molar-refractivity contribution >= 4 is 0 Å². The van der Waals surface area contributed by atoms with Gasteiger partial charge in [0.2, 0.25) is 0 Å². The Morgan fingerprint density at radius 2 is 1.10 bits per heavy atom.